The fraction of sp³-hybridized carbons (Fsp3) is 0.0556. The summed E-state index contributed by atoms with van der Waals surface area (Å²) in [6.45, 7) is 0. The third-order valence-corrected chi connectivity index (χ3v) is 4.69. The summed E-state index contributed by atoms with van der Waals surface area (Å²) in [4.78, 5) is 28.3. The van der Waals surface area contributed by atoms with Gasteiger partial charge in [-0.15, -0.1) is 0 Å². The molecule has 0 saturated carbocycles. The van der Waals surface area contributed by atoms with E-state index in [1.54, 1.807) is 24.3 Å². The molecular formula is C18H13ClFN3O3S. The van der Waals surface area contributed by atoms with Crippen LogP contribution in [-0.2, 0) is 4.74 Å². The number of hydrogen-bond donors (Lipinski definition) is 2. The van der Waals surface area contributed by atoms with Crippen molar-refractivity contribution in [1.29, 1.82) is 0 Å². The standard InChI is InChI=1S/C18H13ClFN3O3S/c1-26-18(25)23-17-21-14(10-6-3-2-4-7-10)16(27-17)22-15(24)13-11(19)8-5-9-12(13)20/h2-9H,1H3,(H,22,24)(H,21,23,25). The van der Waals surface area contributed by atoms with Gasteiger partial charge in [-0.3, -0.25) is 10.1 Å². The fourth-order valence-electron chi connectivity index (χ4n) is 2.27. The third-order valence-electron chi connectivity index (χ3n) is 3.49. The van der Waals surface area contributed by atoms with Gasteiger partial charge in [-0.05, 0) is 12.1 Å². The molecule has 3 aromatic rings. The number of carbonyl (C=O) groups excluding carboxylic acids is 2. The molecule has 1 heterocycles. The highest BCUT2D eigenvalue weighted by Gasteiger charge is 2.21. The molecular weight excluding hydrogens is 393 g/mol. The zero-order valence-electron chi connectivity index (χ0n) is 14.0. The molecule has 0 aliphatic heterocycles. The molecule has 0 aliphatic carbocycles. The van der Waals surface area contributed by atoms with E-state index in [9.17, 15) is 14.0 Å². The average molecular weight is 406 g/mol. The Bertz CT molecular complexity index is 975. The highest BCUT2D eigenvalue weighted by molar-refractivity contribution is 7.20. The van der Waals surface area contributed by atoms with Gasteiger partial charge >= 0.3 is 6.09 Å². The van der Waals surface area contributed by atoms with E-state index in [1.807, 2.05) is 6.07 Å². The molecule has 2 aromatic carbocycles. The molecule has 138 valence electrons. The second-order valence-corrected chi connectivity index (χ2v) is 6.64. The van der Waals surface area contributed by atoms with Crippen LogP contribution in [-0.4, -0.2) is 24.1 Å². The van der Waals surface area contributed by atoms with Crippen LogP contribution in [0, 0.1) is 5.82 Å². The van der Waals surface area contributed by atoms with Gasteiger partial charge in [-0.2, -0.15) is 0 Å². The van der Waals surface area contributed by atoms with Crippen molar-refractivity contribution in [3.8, 4) is 11.3 Å². The number of nitrogens with one attached hydrogen (secondary N) is 2. The number of halogens is 2. The van der Waals surface area contributed by atoms with Crippen LogP contribution in [0.4, 0.5) is 19.3 Å². The molecule has 27 heavy (non-hydrogen) atoms. The first kappa shape index (κ1) is 18.8. The Morgan fingerprint density at radius 3 is 2.52 bits per heavy atom. The number of aromatic nitrogens is 1. The van der Waals surface area contributed by atoms with Gasteiger partial charge in [-0.1, -0.05) is 59.3 Å². The normalized spacial score (nSPS) is 10.3. The lowest BCUT2D eigenvalue weighted by Gasteiger charge is -2.07. The highest BCUT2D eigenvalue weighted by atomic mass is 35.5. The van der Waals surface area contributed by atoms with Crippen molar-refractivity contribution in [3.63, 3.8) is 0 Å². The second-order valence-electron chi connectivity index (χ2n) is 5.23. The summed E-state index contributed by atoms with van der Waals surface area (Å²) in [5.41, 5.74) is 0.864. The maximum Gasteiger partial charge on any atom is 0.413 e. The minimum Gasteiger partial charge on any atom is -0.453 e. The van der Waals surface area contributed by atoms with Crippen LogP contribution >= 0.6 is 22.9 Å². The average Bonchev–Trinajstić information content (AvgIpc) is 3.04. The summed E-state index contributed by atoms with van der Waals surface area (Å²) in [6.07, 6.45) is -0.696. The van der Waals surface area contributed by atoms with Crippen LogP contribution in [0.1, 0.15) is 10.4 Å². The maximum atomic E-state index is 14.0. The lowest BCUT2D eigenvalue weighted by Crippen LogP contribution is -2.14. The van der Waals surface area contributed by atoms with E-state index < -0.39 is 17.8 Å². The number of anilines is 2. The van der Waals surface area contributed by atoms with Gasteiger partial charge in [0.2, 0.25) is 0 Å². The molecule has 3 rings (SSSR count). The number of nitrogens with zero attached hydrogens (tertiary/aromatic N) is 1. The Morgan fingerprint density at radius 1 is 1.11 bits per heavy atom. The number of ether oxygens (including phenoxy) is 1. The zero-order valence-corrected chi connectivity index (χ0v) is 15.5. The van der Waals surface area contributed by atoms with E-state index in [4.69, 9.17) is 11.6 Å². The molecule has 0 radical (unpaired) electrons. The Labute approximate surface area is 163 Å². The first-order chi connectivity index (χ1) is 13.0. The number of carbonyl (C=O) groups is 2. The Kier molecular flexibility index (Phi) is 5.68. The van der Waals surface area contributed by atoms with Crippen molar-refractivity contribution < 1.29 is 18.7 Å². The van der Waals surface area contributed by atoms with Gasteiger partial charge in [-0.25, -0.2) is 14.2 Å². The number of amides is 2. The monoisotopic (exact) mass is 405 g/mol. The van der Waals surface area contributed by atoms with Crippen molar-refractivity contribution in [1.82, 2.24) is 4.98 Å². The van der Waals surface area contributed by atoms with Gasteiger partial charge < -0.3 is 10.1 Å². The summed E-state index contributed by atoms with van der Waals surface area (Å²) >= 11 is 6.97. The summed E-state index contributed by atoms with van der Waals surface area (Å²) in [5, 5.41) is 5.61. The molecule has 0 fully saturated rings. The van der Waals surface area contributed by atoms with Crippen LogP contribution in [0.2, 0.25) is 5.02 Å². The zero-order chi connectivity index (χ0) is 19.4. The molecule has 6 nitrogen and oxygen atoms in total. The molecule has 1 aromatic heterocycles. The van der Waals surface area contributed by atoms with Gasteiger partial charge in [0, 0.05) is 5.56 Å². The predicted octanol–water partition coefficient (Wildman–Crippen LogP) is 5.03. The van der Waals surface area contributed by atoms with E-state index >= 15 is 0 Å². The predicted molar refractivity (Wildman–Crippen MR) is 103 cm³/mol. The Hall–Kier alpha value is -2.97. The topological polar surface area (TPSA) is 80.3 Å². The quantitative estimate of drug-likeness (QED) is 0.637. The number of benzene rings is 2. The molecule has 0 aliphatic rings. The molecule has 0 atom stereocenters. The largest absolute Gasteiger partial charge is 0.453 e. The van der Waals surface area contributed by atoms with Gasteiger partial charge in [0.15, 0.2) is 5.13 Å². The first-order valence-electron chi connectivity index (χ1n) is 7.66. The third kappa shape index (κ3) is 4.24. The van der Waals surface area contributed by atoms with E-state index in [0.717, 1.165) is 17.4 Å². The molecule has 0 unspecified atom stereocenters. The summed E-state index contributed by atoms with van der Waals surface area (Å²) in [7, 11) is 1.23. The Morgan fingerprint density at radius 2 is 1.85 bits per heavy atom. The van der Waals surface area contributed by atoms with Gasteiger partial charge in [0.1, 0.15) is 16.5 Å². The fourth-order valence-corrected chi connectivity index (χ4v) is 3.39. The molecule has 9 heteroatoms. The van der Waals surface area contributed by atoms with Gasteiger partial charge in [0.25, 0.3) is 5.91 Å². The SMILES string of the molecule is COC(=O)Nc1nc(-c2ccccc2)c(NC(=O)c2c(F)cccc2Cl)s1. The van der Waals surface area contributed by atoms with Crippen molar-refractivity contribution in [2.75, 3.05) is 17.7 Å². The lowest BCUT2D eigenvalue weighted by atomic mass is 10.1. The van der Waals surface area contributed by atoms with Crippen LogP contribution in [0.25, 0.3) is 11.3 Å². The molecule has 0 bridgehead atoms. The maximum absolute atomic E-state index is 14.0. The van der Waals surface area contributed by atoms with E-state index in [-0.39, 0.29) is 15.7 Å². The summed E-state index contributed by atoms with van der Waals surface area (Å²) in [6, 6.07) is 13.0. The van der Waals surface area contributed by atoms with Crippen molar-refractivity contribution in [3.05, 3.63) is 64.9 Å². The highest BCUT2D eigenvalue weighted by Crippen LogP contribution is 2.36. The lowest BCUT2D eigenvalue weighted by molar-refractivity contribution is 0.102. The van der Waals surface area contributed by atoms with Gasteiger partial charge in [0.05, 0.1) is 17.7 Å². The molecule has 0 spiro atoms. The molecule has 0 saturated heterocycles. The summed E-state index contributed by atoms with van der Waals surface area (Å²) < 4.78 is 18.6. The van der Waals surface area contributed by atoms with E-state index in [0.29, 0.717) is 16.3 Å². The second kappa shape index (κ2) is 8.15. The van der Waals surface area contributed by atoms with E-state index in [1.165, 1.54) is 19.2 Å². The summed E-state index contributed by atoms with van der Waals surface area (Å²) in [5.74, 6) is -1.46. The Balaban J connectivity index is 1.98. The van der Waals surface area contributed by atoms with Crippen molar-refractivity contribution in [2.24, 2.45) is 0 Å². The number of hydrogen-bond acceptors (Lipinski definition) is 5. The van der Waals surface area contributed by atoms with Crippen LogP contribution < -0.4 is 10.6 Å². The smallest absolute Gasteiger partial charge is 0.413 e. The number of rotatable bonds is 4. The van der Waals surface area contributed by atoms with Crippen LogP contribution in [0.15, 0.2) is 48.5 Å². The van der Waals surface area contributed by atoms with E-state index in [2.05, 4.69) is 20.4 Å². The number of methoxy groups -OCH3 is 1. The molecule has 2 N–H and O–H groups in total. The number of thiazole rings is 1. The first-order valence-corrected chi connectivity index (χ1v) is 8.85. The van der Waals surface area contributed by atoms with Crippen molar-refractivity contribution in [2.45, 2.75) is 0 Å². The van der Waals surface area contributed by atoms with Crippen LogP contribution in [0.3, 0.4) is 0 Å². The molecule has 2 amide bonds. The minimum atomic E-state index is -0.737. The minimum absolute atomic E-state index is 0.00816. The van der Waals surface area contributed by atoms with Crippen molar-refractivity contribution >= 4 is 45.1 Å². The van der Waals surface area contributed by atoms with Crippen LogP contribution in [0.5, 0.6) is 0 Å².